The van der Waals surface area contributed by atoms with E-state index in [0.29, 0.717) is 17.1 Å². The van der Waals surface area contributed by atoms with Gasteiger partial charge in [-0.25, -0.2) is 28.3 Å². The lowest BCUT2D eigenvalue weighted by molar-refractivity contribution is -0.0760. The second kappa shape index (κ2) is 9.73. The standard InChI is InChI=1S/C22H28F2N8O3S/c1-30-11-13-9-14(30)10-15(13)35-21(34)28-17-3-5-25-18(27-17)32-7-4-22(23,24)16(12-32)31(2)20(33)29-19-26-6-8-36-19/h3,5-6,8,13-16H,4,7,9-12H2,1-2H3,(H,26,29,33)(H,25,27,28,34)/t13-,14-,15+,16-/m0/s1. The van der Waals surface area contributed by atoms with Crippen molar-refractivity contribution in [2.45, 2.75) is 43.4 Å². The minimum atomic E-state index is -3.10. The first kappa shape index (κ1) is 24.6. The lowest BCUT2D eigenvalue weighted by Gasteiger charge is -2.42. The van der Waals surface area contributed by atoms with Crippen molar-refractivity contribution in [2.75, 3.05) is 49.3 Å². The fourth-order valence-electron chi connectivity index (χ4n) is 5.19. The van der Waals surface area contributed by atoms with Crippen molar-refractivity contribution in [2.24, 2.45) is 5.92 Å². The van der Waals surface area contributed by atoms with Crippen molar-refractivity contribution in [1.29, 1.82) is 0 Å². The molecule has 2 aliphatic heterocycles. The Morgan fingerprint density at radius 3 is 2.75 bits per heavy atom. The zero-order chi connectivity index (χ0) is 25.4. The first-order valence-corrected chi connectivity index (χ1v) is 12.6. The van der Waals surface area contributed by atoms with Crippen LogP contribution < -0.4 is 15.5 Å². The van der Waals surface area contributed by atoms with E-state index in [1.165, 1.54) is 36.8 Å². The number of thiazole rings is 1. The molecule has 3 fully saturated rings. The quantitative estimate of drug-likeness (QED) is 0.616. The van der Waals surface area contributed by atoms with Crippen molar-refractivity contribution in [3.8, 4) is 0 Å². The predicted octanol–water partition coefficient (Wildman–Crippen LogP) is 2.95. The van der Waals surface area contributed by atoms with Crippen LogP contribution in [0.15, 0.2) is 23.8 Å². The molecule has 5 rings (SSSR count). The zero-order valence-corrected chi connectivity index (χ0v) is 20.8. The van der Waals surface area contributed by atoms with E-state index in [9.17, 15) is 18.4 Å². The number of carbonyl (C=O) groups excluding carboxylic acids is 2. The van der Waals surface area contributed by atoms with Gasteiger partial charge in [-0.05, 0) is 19.5 Å². The number of aromatic nitrogens is 3. The van der Waals surface area contributed by atoms with Crippen molar-refractivity contribution >= 4 is 40.4 Å². The maximum Gasteiger partial charge on any atom is 0.413 e. The number of nitrogens with zero attached hydrogens (tertiary/aromatic N) is 6. The van der Waals surface area contributed by atoms with Gasteiger partial charge in [0, 0.05) is 69.3 Å². The Hall–Kier alpha value is -3.13. The number of alkyl halides is 2. The largest absolute Gasteiger partial charge is 0.446 e. The number of nitrogens with one attached hydrogen (secondary N) is 2. The van der Waals surface area contributed by atoms with E-state index in [2.05, 4.69) is 37.5 Å². The molecule has 14 heteroatoms. The molecular weight excluding hydrogens is 494 g/mol. The Morgan fingerprint density at radius 2 is 2.06 bits per heavy atom. The molecule has 4 atom stereocenters. The number of likely N-dealkylation sites (N-methyl/N-ethyl adjacent to an activating group) is 1. The molecular formula is C22H28F2N8O3S. The molecule has 1 saturated carbocycles. The van der Waals surface area contributed by atoms with Crippen LogP contribution >= 0.6 is 11.3 Å². The van der Waals surface area contributed by atoms with Crippen LogP contribution in [0.2, 0.25) is 0 Å². The topological polar surface area (TPSA) is 116 Å². The molecule has 3 aliphatic rings. The van der Waals surface area contributed by atoms with E-state index < -0.39 is 30.5 Å². The number of fused-ring (bicyclic) bond motifs is 2. The molecule has 11 nitrogen and oxygen atoms in total. The number of carbonyl (C=O) groups is 2. The third-order valence-corrected chi connectivity index (χ3v) is 7.88. The number of ether oxygens (including phenoxy) is 1. The molecule has 0 spiro atoms. The summed E-state index contributed by atoms with van der Waals surface area (Å²) in [5.74, 6) is -2.36. The third kappa shape index (κ3) is 5.05. The maximum atomic E-state index is 14.8. The smallest absolute Gasteiger partial charge is 0.413 e. The lowest BCUT2D eigenvalue weighted by Crippen LogP contribution is -2.60. The number of likely N-dealkylation sites (tertiary alicyclic amines) is 1. The Labute approximate surface area is 210 Å². The van der Waals surface area contributed by atoms with Crippen molar-refractivity contribution in [3.05, 3.63) is 23.8 Å². The van der Waals surface area contributed by atoms with Gasteiger partial charge in [-0.3, -0.25) is 10.6 Å². The first-order chi connectivity index (χ1) is 17.2. The predicted molar refractivity (Wildman–Crippen MR) is 130 cm³/mol. The second-order valence-electron chi connectivity index (χ2n) is 9.49. The molecule has 36 heavy (non-hydrogen) atoms. The summed E-state index contributed by atoms with van der Waals surface area (Å²) < 4.78 is 35.2. The number of anilines is 3. The summed E-state index contributed by atoms with van der Waals surface area (Å²) >= 11 is 1.20. The number of amides is 3. The van der Waals surface area contributed by atoms with E-state index in [1.54, 1.807) is 10.3 Å². The van der Waals surface area contributed by atoms with Gasteiger partial charge in [0.2, 0.25) is 5.95 Å². The summed E-state index contributed by atoms with van der Waals surface area (Å²) in [6.45, 7) is 0.733. The highest BCUT2D eigenvalue weighted by molar-refractivity contribution is 7.13. The van der Waals surface area contributed by atoms with Crippen LogP contribution in [0.3, 0.4) is 0 Å². The fraction of sp³-hybridized carbons (Fsp3) is 0.591. The number of urea groups is 1. The van der Waals surface area contributed by atoms with Gasteiger partial charge in [-0.15, -0.1) is 11.3 Å². The Morgan fingerprint density at radius 1 is 1.22 bits per heavy atom. The number of halogens is 2. The van der Waals surface area contributed by atoms with Gasteiger partial charge >= 0.3 is 12.1 Å². The van der Waals surface area contributed by atoms with Gasteiger partial charge in [0.1, 0.15) is 18.0 Å². The van der Waals surface area contributed by atoms with E-state index in [0.717, 1.165) is 24.3 Å². The van der Waals surface area contributed by atoms with Crippen LogP contribution in [0, 0.1) is 5.92 Å². The summed E-state index contributed by atoms with van der Waals surface area (Å²) in [5, 5.41) is 7.17. The minimum Gasteiger partial charge on any atom is -0.446 e. The molecule has 3 amide bonds. The average molecular weight is 523 g/mol. The van der Waals surface area contributed by atoms with Gasteiger partial charge in [-0.1, -0.05) is 0 Å². The summed E-state index contributed by atoms with van der Waals surface area (Å²) in [6.07, 6.45) is 3.62. The lowest BCUT2D eigenvalue weighted by atomic mass is 10.00. The van der Waals surface area contributed by atoms with Crippen LogP contribution in [0.5, 0.6) is 0 Å². The van der Waals surface area contributed by atoms with Crippen LogP contribution in [0.1, 0.15) is 19.3 Å². The Bertz CT molecular complexity index is 1100. The minimum absolute atomic E-state index is 0.00198. The zero-order valence-electron chi connectivity index (χ0n) is 19.9. The highest BCUT2D eigenvalue weighted by Crippen LogP contribution is 2.38. The normalized spacial score (nSPS) is 27.1. The van der Waals surface area contributed by atoms with E-state index in [-0.39, 0.29) is 31.0 Å². The maximum absolute atomic E-state index is 14.8. The molecule has 2 bridgehead atoms. The van der Waals surface area contributed by atoms with Gasteiger partial charge in [0.15, 0.2) is 5.13 Å². The highest BCUT2D eigenvalue weighted by atomic mass is 32.1. The van der Waals surface area contributed by atoms with Crippen LogP contribution in [0.25, 0.3) is 0 Å². The molecule has 0 radical (unpaired) electrons. The van der Waals surface area contributed by atoms with E-state index in [1.807, 2.05) is 0 Å². The summed E-state index contributed by atoms with van der Waals surface area (Å²) in [7, 11) is 3.41. The molecule has 2 saturated heterocycles. The summed E-state index contributed by atoms with van der Waals surface area (Å²) in [5.41, 5.74) is 0. The molecule has 194 valence electrons. The molecule has 2 N–H and O–H groups in total. The second-order valence-corrected chi connectivity index (χ2v) is 10.4. The average Bonchev–Trinajstić information content (AvgIpc) is 3.56. The SMILES string of the molecule is CN1C[C@@H]2C[C@H]1C[C@H]2OC(=O)Nc1ccnc(N2CCC(F)(F)[C@@H](N(C)C(=O)Nc3nccs3)C2)n1. The molecule has 2 aromatic rings. The monoisotopic (exact) mass is 522 g/mol. The van der Waals surface area contributed by atoms with Crippen molar-refractivity contribution in [3.63, 3.8) is 0 Å². The number of piperidine rings is 2. The van der Waals surface area contributed by atoms with Crippen molar-refractivity contribution < 1.29 is 23.1 Å². The Balaban J connectivity index is 1.21. The van der Waals surface area contributed by atoms with E-state index in [4.69, 9.17) is 4.74 Å². The molecule has 1 aliphatic carbocycles. The van der Waals surface area contributed by atoms with Crippen molar-refractivity contribution in [1.82, 2.24) is 24.8 Å². The van der Waals surface area contributed by atoms with E-state index >= 15 is 0 Å². The summed E-state index contributed by atoms with van der Waals surface area (Å²) in [4.78, 5) is 42.4. The molecule has 0 unspecified atom stereocenters. The molecule has 4 heterocycles. The number of hydrogen-bond acceptors (Lipinski definition) is 9. The van der Waals surface area contributed by atoms with Crippen LogP contribution in [0.4, 0.5) is 35.3 Å². The van der Waals surface area contributed by atoms with Crippen LogP contribution in [-0.4, -0.2) is 94.7 Å². The van der Waals surface area contributed by atoms with Gasteiger partial charge in [0.25, 0.3) is 5.92 Å². The fourth-order valence-corrected chi connectivity index (χ4v) is 5.71. The Kier molecular flexibility index (Phi) is 6.64. The van der Waals surface area contributed by atoms with Gasteiger partial charge in [0.05, 0.1) is 0 Å². The highest BCUT2D eigenvalue weighted by Gasteiger charge is 2.48. The summed E-state index contributed by atoms with van der Waals surface area (Å²) in [6, 6.07) is -0.122. The van der Waals surface area contributed by atoms with Crippen LogP contribution in [-0.2, 0) is 4.74 Å². The third-order valence-electron chi connectivity index (χ3n) is 7.20. The number of rotatable bonds is 5. The molecule has 2 aromatic heterocycles. The van der Waals surface area contributed by atoms with Gasteiger partial charge < -0.3 is 19.4 Å². The van der Waals surface area contributed by atoms with Gasteiger partial charge in [-0.2, -0.15) is 4.98 Å². The molecule has 0 aromatic carbocycles. The number of hydrogen-bond donors (Lipinski definition) is 2. The first-order valence-electron chi connectivity index (χ1n) is 11.8.